The predicted molar refractivity (Wildman–Crippen MR) is 77.1 cm³/mol. The second-order valence-corrected chi connectivity index (χ2v) is 6.02. The van der Waals surface area contributed by atoms with Gasteiger partial charge in [0.25, 0.3) is 0 Å². The predicted octanol–water partition coefficient (Wildman–Crippen LogP) is 0.930. The van der Waals surface area contributed by atoms with Crippen LogP contribution >= 0.6 is 0 Å². The van der Waals surface area contributed by atoms with E-state index < -0.39 is 0 Å². The maximum atomic E-state index is 12.6. The molecule has 0 aromatic heterocycles. The number of carbonyl (C=O) groups excluding carboxylic acids is 1. The Bertz CT molecular complexity index is 503. The molecule has 108 valence electrons. The van der Waals surface area contributed by atoms with Crippen LogP contribution in [0.2, 0.25) is 0 Å². The minimum atomic E-state index is -0.386. The lowest BCUT2D eigenvalue weighted by atomic mass is 9.92. The van der Waals surface area contributed by atoms with E-state index in [-0.39, 0.29) is 18.1 Å². The van der Waals surface area contributed by atoms with Crippen LogP contribution in [0.1, 0.15) is 24.5 Å². The van der Waals surface area contributed by atoms with E-state index in [2.05, 4.69) is 17.4 Å². The number of nitrogens with one attached hydrogen (secondary N) is 1. The molecule has 4 heteroatoms. The smallest absolute Gasteiger partial charge is 0.240 e. The number of likely N-dealkylation sites (tertiary alicyclic amines) is 1. The van der Waals surface area contributed by atoms with Crippen LogP contribution in [-0.4, -0.2) is 41.1 Å². The third kappa shape index (κ3) is 2.58. The highest BCUT2D eigenvalue weighted by molar-refractivity contribution is 5.82. The average molecular weight is 274 g/mol. The first-order chi connectivity index (χ1) is 9.65. The Morgan fingerprint density at radius 2 is 2.10 bits per heavy atom. The van der Waals surface area contributed by atoms with Gasteiger partial charge in [0, 0.05) is 19.6 Å². The van der Waals surface area contributed by atoms with Crippen molar-refractivity contribution in [1.29, 1.82) is 0 Å². The fourth-order valence-corrected chi connectivity index (χ4v) is 3.10. The Labute approximate surface area is 119 Å². The summed E-state index contributed by atoms with van der Waals surface area (Å²) >= 11 is 0. The number of amides is 1. The largest absolute Gasteiger partial charge is 0.391 e. The number of hydrogen-bond donors (Lipinski definition) is 2. The van der Waals surface area contributed by atoms with Gasteiger partial charge in [-0.3, -0.25) is 4.79 Å². The highest BCUT2D eigenvalue weighted by Crippen LogP contribution is 2.21. The molecular formula is C16H22N2O2. The van der Waals surface area contributed by atoms with Gasteiger partial charge in [-0.25, -0.2) is 0 Å². The van der Waals surface area contributed by atoms with Crippen LogP contribution in [-0.2, 0) is 17.8 Å². The van der Waals surface area contributed by atoms with Crippen molar-refractivity contribution in [2.45, 2.75) is 38.5 Å². The molecule has 2 aliphatic heterocycles. The summed E-state index contributed by atoms with van der Waals surface area (Å²) < 4.78 is 0. The van der Waals surface area contributed by atoms with Crippen LogP contribution in [0.15, 0.2) is 24.3 Å². The third-order valence-electron chi connectivity index (χ3n) is 4.61. The maximum absolute atomic E-state index is 12.6. The van der Waals surface area contributed by atoms with Crippen LogP contribution in [0.4, 0.5) is 0 Å². The zero-order valence-electron chi connectivity index (χ0n) is 11.9. The van der Waals surface area contributed by atoms with E-state index in [1.165, 1.54) is 11.1 Å². The van der Waals surface area contributed by atoms with E-state index in [1.54, 1.807) is 0 Å². The minimum absolute atomic E-state index is 0.130. The number of hydrogen-bond acceptors (Lipinski definition) is 3. The Hall–Kier alpha value is -1.39. The molecule has 3 rings (SSSR count). The Kier molecular flexibility index (Phi) is 3.76. The maximum Gasteiger partial charge on any atom is 0.240 e. The average Bonchev–Trinajstić information content (AvgIpc) is 2.49. The third-order valence-corrected chi connectivity index (χ3v) is 4.61. The summed E-state index contributed by atoms with van der Waals surface area (Å²) in [6.45, 7) is 4.03. The quantitative estimate of drug-likeness (QED) is 0.801. The summed E-state index contributed by atoms with van der Waals surface area (Å²) in [6.07, 6.45) is 1.25. The first kappa shape index (κ1) is 13.6. The van der Waals surface area contributed by atoms with Gasteiger partial charge in [0.05, 0.1) is 12.1 Å². The number of β-amino-alcohol motifs (C(OH)–C–C–N with tert-alkyl or cyclic N) is 1. The number of rotatable bonds is 1. The normalized spacial score (nSPS) is 29.9. The molecule has 1 fully saturated rings. The standard InChI is InChI=1S/C16H22N2O2/c1-11-6-7-18(10-15(11)19)16(20)14-8-12-4-2-3-5-13(12)9-17-14/h2-5,11,14-15,17,19H,6-10H2,1H3/t11?,14-,15?/m1/s1. The number of nitrogens with zero attached hydrogens (tertiary/aromatic N) is 1. The van der Waals surface area contributed by atoms with Crippen molar-refractivity contribution in [2.75, 3.05) is 13.1 Å². The van der Waals surface area contributed by atoms with Gasteiger partial charge in [-0.05, 0) is 29.9 Å². The molecule has 0 spiro atoms. The molecule has 1 aromatic rings. The summed E-state index contributed by atoms with van der Waals surface area (Å²) in [5.74, 6) is 0.421. The molecule has 4 nitrogen and oxygen atoms in total. The fraction of sp³-hybridized carbons (Fsp3) is 0.562. The summed E-state index contributed by atoms with van der Waals surface area (Å²) in [6, 6.07) is 8.12. The molecule has 0 aliphatic carbocycles. The summed E-state index contributed by atoms with van der Waals surface area (Å²) in [4.78, 5) is 14.4. The van der Waals surface area contributed by atoms with Crippen molar-refractivity contribution in [3.05, 3.63) is 35.4 Å². The molecule has 2 unspecified atom stereocenters. The molecule has 0 radical (unpaired) electrons. The number of fused-ring (bicyclic) bond motifs is 1. The number of aliphatic hydroxyl groups is 1. The number of benzene rings is 1. The van der Waals surface area contributed by atoms with Gasteiger partial charge in [-0.15, -0.1) is 0 Å². The molecule has 1 aromatic carbocycles. The minimum Gasteiger partial charge on any atom is -0.391 e. The van der Waals surface area contributed by atoms with Crippen LogP contribution in [0.25, 0.3) is 0 Å². The van der Waals surface area contributed by atoms with Gasteiger partial charge in [-0.2, -0.15) is 0 Å². The van der Waals surface area contributed by atoms with Crippen molar-refractivity contribution in [1.82, 2.24) is 10.2 Å². The first-order valence-corrected chi connectivity index (χ1v) is 7.42. The van der Waals surface area contributed by atoms with Gasteiger partial charge in [0.2, 0.25) is 5.91 Å². The van der Waals surface area contributed by atoms with E-state index in [4.69, 9.17) is 0 Å². The van der Waals surface area contributed by atoms with Crippen molar-refractivity contribution >= 4 is 5.91 Å². The van der Waals surface area contributed by atoms with Crippen LogP contribution in [0.5, 0.6) is 0 Å². The Morgan fingerprint density at radius 3 is 2.85 bits per heavy atom. The summed E-state index contributed by atoms with van der Waals surface area (Å²) in [5, 5.41) is 13.3. The van der Waals surface area contributed by atoms with E-state index in [9.17, 15) is 9.90 Å². The zero-order valence-corrected chi connectivity index (χ0v) is 11.9. The summed E-state index contributed by atoms with van der Waals surface area (Å²) in [5.41, 5.74) is 2.54. The molecule has 20 heavy (non-hydrogen) atoms. The molecular weight excluding hydrogens is 252 g/mol. The highest BCUT2D eigenvalue weighted by Gasteiger charge is 2.32. The molecule has 1 amide bonds. The van der Waals surface area contributed by atoms with Crippen LogP contribution in [0.3, 0.4) is 0 Å². The fourth-order valence-electron chi connectivity index (χ4n) is 3.10. The van der Waals surface area contributed by atoms with E-state index >= 15 is 0 Å². The first-order valence-electron chi connectivity index (χ1n) is 7.42. The zero-order chi connectivity index (χ0) is 14.1. The van der Waals surface area contributed by atoms with E-state index in [0.29, 0.717) is 12.5 Å². The highest BCUT2D eigenvalue weighted by atomic mass is 16.3. The Balaban J connectivity index is 1.67. The molecule has 2 aliphatic rings. The lowest BCUT2D eigenvalue weighted by molar-refractivity contribution is -0.137. The van der Waals surface area contributed by atoms with Gasteiger partial charge < -0.3 is 15.3 Å². The van der Waals surface area contributed by atoms with E-state index in [1.807, 2.05) is 24.0 Å². The van der Waals surface area contributed by atoms with Crippen molar-refractivity contribution in [2.24, 2.45) is 5.92 Å². The second-order valence-electron chi connectivity index (χ2n) is 6.02. The van der Waals surface area contributed by atoms with Gasteiger partial charge in [-0.1, -0.05) is 31.2 Å². The molecule has 0 bridgehead atoms. The van der Waals surface area contributed by atoms with Gasteiger partial charge in [0.1, 0.15) is 0 Å². The molecule has 3 atom stereocenters. The molecule has 2 N–H and O–H groups in total. The van der Waals surface area contributed by atoms with Crippen molar-refractivity contribution in [3.63, 3.8) is 0 Å². The van der Waals surface area contributed by atoms with Crippen molar-refractivity contribution < 1.29 is 9.90 Å². The number of carbonyl (C=O) groups is 1. The second kappa shape index (κ2) is 5.54. The topological polar surface area (TPSA) is 52.6 Å². The number of piperidine rings is 1. The van der Waals surface area contributed by atoms with Crippen LogP contribution < -0.4 is 5.32 Å². The van der Waals surface area contributed by atoms with Gasteiger partial charge >= 0.3 is 0 Å². The molecule has 0 saturated carbocycles. The monoisotopic (exact) mass is 274 g/mol. The molecule has 2 heterocycles. The van der Waals surface area contributed by atoms with Gasteiger partial charge in [0.15, 0.2) is 0 Å². The van der Waals surface area contributed by atoms with E-state index in [0.717, 1.165) is 25.9 Å². The number of aliphatic hydroxyl groups excluding tert-OH is 1. The SMILES string of the molecule is CC1CCN(C(=O)[C@H]2Cc3ccccc3CN2)CC1O. The Morgan fingerprint density at radius 1 is 1.35 bits per heavy atom. The van der Waals surface area contributed by atoms with Crippen LogP contribution in [0, 0.1) is 5.92 Å². The summed E-state index contributed by atoms with van der Waals surface area (Å²) in [7, 11) is 0. The van der Waals surface area contributed by atoms with Crippen molar-refractivity contribution in [3.8, 4) is 0 Å². The lowest BCUT2D eigenvalue weighted by Crippen LogP contribution is -2.54. The lowest BCUT2D eigenvalue weighted by Gasteiger charge is -2.37. The molecule has 1 saturated heterocycles.